The largest absolute Gasteiger partial charge is 0.462 e. The summed E-state index contributed by atoms with van der Waals surface area (Å²) in [4.78, 5) is 38.3. The quantitative estimate of drug-likeness (QED) is 0.0261. The van der Waals surface area contributed by atoms with Crippen molar-refractivity contribution < 1.29 is 28.6 Å². The van der Waals surface area contributed by atoms with Crippen LogP contribution in [-0.2, 0) is 28.6 Å². The van der Waals surface area contributed by atoms with E-state index < -0.39 is 6.10 Å². The van der Waals surface area contributed by atoms with Gasteiger partial charge in [0.2, 0.25) is 0 Å². The molecule has 6 heteroatoms. The first-order valence-electron chi connectivity index (χ1n) is 32.7. The third-order valence-corrected chi connectivity index (χ3v) is 13.6. The minimum atomic E-state index is -0.792. The predicted octanol–water partition coefficient (Wildman–Crippen LogP) is 22.5. The van der Waals surface area contributed by atoms with E-state index in [1.165, 1.54) is 109 Å². The molecule has 1 unspecified atom stereocenters. The molecule has 1 atom stereocenters. The van der Waals surface area contributed by atoms with Crippen LogP contribution in [-0.4, -0.2) is 37.2 Å². The second-order valence-electron chi connectivity index (χ2n) is 21.3. The van der Waals surface area contributed by atoms with Gasteiger partial charge in [-0.05, 0) is 128 Å². The van der Waals surface area contributed by atoms with E-state index in [9.17, 15) is 14.4 Å². The molecular weight excluding hydrogens is 973 g/mol. The van der Waals surface area contributed by atoms with Crippen molar-refractivity contribution in [1.29, 1.82) is 0 Å². The fourth-order valence-electron chi connectivity index (χ4n) is 8.77. The topological polar surface area (TPSA) is 78.9 Å². The molecule has 0 aromatic heterocycles. The van der Waals surface area contributed by atoms with Gasteiger partial charge in [-0.2, -0.15) is 0 Å². The van der Waals surface area contributed by atoms with Crippen molar-refractivity contribution in [3.8, 4) is 0 Å². The maximum absolute atomic E-state index is 12.9. The van der Waals surface area contributed by atoms with E-state index in [4.69, 9.17) is 14.2 Å². The van der Waals surface area contributed by atoms with Gasteiger partial charge in [0.05, 0.1) is 0 Å². The zero-order valence-electron chi connectivity index (χ0n) is 51.3. The van der Waals surface area contributed by atoms with Crippen molar-refractivity contribution in [3.05, 3.63) is 134 Å². The van der Waals surface area contributed by atoms with Crippen molar-refractivity contribution in [2.24, 2.45) is 0 Å². The maximum Gasteiger partial charge on any atom is 0.306 e. The smallest absolute Gasteiger partial charge is 0.306 e. The summed E-state index contributed by atoms with van der Waals surface area (Å²) < 4.78 is 16.9. The van der Waals surface area contributed by atoms with Crippen LogP contribution >= 0.6 is 0 Å². The Balaban J connectivity index is 4.29. The minimum Gasteiger partial charge on any atom is -0.462 e. The molecular formula is C73H120O6. The predicted molar refractivity (Wildman–Crippen MR) is 343 cm³/mol. The standard InChI is InChI=1S/C73H120O6/c1-4-7-10-13-16-19-22-24-26-28-30-32-33-34-35-36-37-38-39-41-42-44-46-48-51-54-57-60-63-66-72(75)78-69-70(68-77-71(74)65-62-59-56-53-50-21-18-15-12-9-6-3)79-73(76)67-64-61-58-55-52-49-47-45-43-40-31-29-27-25-23-20-17-14-11-8-5-2/h7-8,10-11,15-20,24-27,30-32,34-35,37-38,40,70H,4-6,9,12-14,21-23,28-29,33,36,39,41-69H2,1-3H3/b10-7-,11-8-,18-15-,19-16-,20-17-,26-24-,27-25-,32-30-,35-34-,38-37-,40-31-. The van der Waals surface area contributed by atoms with E-state index in [1.807, 2.05) is 0 Å². The highest BCUT2D eigenvalue weighted by Crippen LogP contribution is 2.16. The number of carbonyl (C=O) groups excluding carboxylic acids is 3. The Bertz CT molecular complexity index is 1680. The summed E-state index contributed by atoms with van der Waals surface area (Å²) in [6.45, 7) is 6.37. The summed E-state index contributed by atoms with van der Waals surface area (Å²) in [5.41, 5.74) is 0. The number of esters is 3. The molecule has 0 N–H and O–H groups in total. The van der Waals surface area contributed by atoms with Crippen LogP contribution in [0.5, 0.6) is 0 Å². The fraction of sp³-hybridized carbons (Fsp3) is 0.658. The van der Waals surface area contributed by atoms with Gasteiger partial charge in [-0.3, -0.25) is 14.4 Å². The number of hydrogen-bond acceptors (Lipinski definition) is 6. The lowest BCUT2D eigenvalue weighted by Crippen LogP contribution is -2.30. The molecule has 0 amide bonds. The van der Waals surface area contributed by atoms with Crippen molar-refractivity contribution in [1.82, 2.24) is 0 Å². The Kier molecular flexibility index (Phi) is 62.3. The number of rotatable bonds is 58. The third-order valence-electron chi connectivity index (χ3n) is 13.6. The van der Waals surface area contributed by atoms with Crippen molar-refractivity contribution in [2.45, 2.75) is 297 Å². The Hall–Kier alpha value is -4.45. The number of hydrogen-bond donors (Lipinski definition) is 0. The number of ether oxygens (including phenoxy) is 3. The molecule has 0 aliphatic carbocycles. The zero-order chi connectivity index (χ0) is 57.1. The molecule has 0 saturated carbocycles. The molecule has 0 heterocycles. The number of unbranched alkanes of at least 4 members (excludes halogenated alkanes) is 25. The van der Waals surface area contributed by atoms with Crippen LogP contribution in [0.1, 0.15) is 290 Å². The van der Waals surface area contributed by atoms with Gasteiger partial charge in [0.1, 0.15) is 13.2 Å². The van der Waals surface area contributed by atoms with Gasteiger partial charge in [-0.25, -0.2) is 0 Å². The zero-order valence-corrected chi connectivity index (χ0v) is 51.3. The molecule has 0 spiro atoms. The van der Waals surface area contributed by atoms with E-state index >= 15 is 0 Å². The van der Waals surface area contributed by atoms with E-state index in [2.05, 4.69) is 154 Å². The third kappa shape index (κ3) is 64.3. The summed E-state index contributed by atoms with van der Waals surface area (Å²) >= 11 is 0. The second kappa shape index (κ2) is 66.1. The lowest BCUT2D eigenvalue weighted by Gasteiger charge is -2.18. The molecule has 0 aliphatic heterocycles. The van der Waals surface area contributed by atoms with Gasteiger partial charge >= 0.3 is 17.9 Å². The first-order chi connectivity index (χ1) is 39.0. The van der Waals surface area contributed by atoms with E-state index in [0.29, 0.717) is 19.3 Å². The summed E-state index contributed by atoms with van der Waals surface area (Å²) in [5, 5.41) is 0. The van der Waals surface area contributed by atoms with Gasteiger partial charge in [0.25, 0.3) is 0 Å². The molecule has 448 valence electrons. The first kappa shape index (κ1) is 74.5. The highest BCUT2D eigenvalue weighted by molar-refractivity contribution is 5.71. The number of carbonyl (C=O) groups is 3. The van der Waals surface area contributed by atoms with Crippen molar-refractivity contribution >= 4 is 17.9 Å². The Morgan fingerprint density at radius 1 is 0.266 bits per heavy atom. The molecule has 0 aromatic carbocycles. The average Bonchev–Trinajstić information content (AvgIpc) is 3.45. The monoisotopic (exact) mass is 1090 g/mol. The van der Waals surface area contributed by atoms with Gasteiger partial charge in [-0.15, -0.1) is 0 Å². The molecule has 0 saturated heterocycles. The van der Waals surface area contributed by atoms with Gasteiger partial charge in [0, 0.05) is 19.3 Å². The molecule has 79 heavy (non-hydrogen) atoms. The molecule has 0 aromatic rings. The van der Waals surface area contributed by atoms with Crippen molar-refractivity contribution in [2.75, 3.05) is 13.2 Å². The second-order valence-corrected chi connectivity index (χ2v) is 21.3. The summed E-state index contributed by atoms with van der Waals surface area (Å²) in [6, 6.07) is 0. The average molecular weight is 1090 g/mol. The minimum absolute atomic E-state index is 0.0889. The summed E-state index contributed by atoms with van der Waals surface area (Å²) in [5.74, 6) is -0.908. The van der Waals surface area contributed by atoms with Crippen molar-refractivity contribution in [3.63, 3.8) is 0 Å². The van der Waals surface area contributed by atoms with E-state index in [-0.39, 0.29) is 31.1 Å². The number of allylic oxidation sites excluding steroid dienone is 22. The lowest BCUT2D eigenvalue weighted by atomic mass is 10.1. The summed E-state index contributed by atoms with van der Waals surface area (Å²) in [6.07, 6.45) is 93.2. The Morgan fingerprint density at radius 3 is 0.785 bits per heavy atom. The highest BCUT2D eigenvalue weighted by atomic mass is 16.6. The molecule has 0 rings (SSSR count). The van der Waals surface area contributed by atoms with Gasteiger partial charge in [-0.1, -0.05) is 276 Å². The molecule has 0 aliphatic rings. The summed E-state index contributed by atoms with van der Waals surface area (Å²) in [7, 11) is 0. The van der Waals surface area contributed by atoms with Crippen LogP contribution in [0.25, 0.3) is 0 Å². The highest BCUT2D eigenvalue weighted by Gasteiger charge is 2.19. The first-order valence-corrected chi connectivity index (χ1v) is 32.7. The van der Waals surface area contributed by atoms with Gasteiger partial charge in [0.15, 0.2) is 6.10 Å². The van der Waals surface area contributed by atoms with Crippen LogP contribution in [0.4, 0.5) is 0 Å². The van der Waals surface area contributed by atoms with Crippen LogP contribution in [0, 0.1) is 0 Å². The fourth-order valence-corrected chi connectivity index (χ4v) is 8.77. The van der Waals surface area contributed by atoms with Crippen LogP contribution in [0.3, 0.4) is 0 Å². The Labute approximate surface area is 487 Å². The van der Waals surface area contributed by atoms with E-state index in [0.717, 1.165) is 141 Å². The molecule has 0 bridgehead atoms. The van der Waals surface area contributed by atoms with Crippen LogP contribution < -0.4 is 0 Å². The SMILES string of the molecule is CC/C=C\C/C=C\C/C=C\C/C=C\C/C=C\C/C=C\CCCCCCCCCCCCC(=O)OCC(COC(=O)CCCCCCC/C=C\CCCC)OC(=O)CCCCCCCCCC/C=C\C/C=C\C/C=C\C/C=C\CC. The molecule has 0 radical (unpaired) electrons. The lowest BCUT2D eigenvalue weighted by molar-refractivity contribution is -0.167. The molecule has 0 fully saturated rings. The van der Waals surface area contributed by atoms with Crippen LogP contribution in [0.2, 0.25) is 0 Å². The van der Waals surface area contributed by atoms with Gasteiger partial charge < -0.3 is 14.2 Å². The maximum atomic E-state index is 12.9. The molecule has 6 nitrogen and oxygen atoms in total. The normalized spacial score (nSPS) is 13.0. The Morgan fingerprint density at radius 2 is 0.494 bits per heavy atom. The van der Waals surface area contributed by atoms with E-state index in [1.54, 1.807) is 0 Å². The van der Waals surface area contributed by atoms with Crippen LogP contribution in [0.15, 0.2) is 134 Å².